The van der Waals surface area contributed by atoms with Crippen LogP contribution in [-0.4, -0.2) is 19.3 Å². The molecule has 0 fully saturated rings. The SMILES string of the molecule is CCc1nn(C)c2c1[nH]c(=S)n2-c1cccc(F)c1. The highest BCUT2D eigenvalue weighted by molar-refractivity contribution is 7.71. The molecule has 19 heavy (non-hydrogen) atoms. The van der Waals surface area contributed by atoms with E-state index in [-0.39, 0.29) is 5.82 Å². The number of nitrogens with zero attached hydrogens (tertiary/aromatic N) is 3. The summed E-state index contributed by atoms with van der Waals surface area (Å²) in [6.07, 6.45) is 0.815. The molecule has 2 heterocycles. The van der Waals surface area contributed by atoms with E-state index >= 15 is 0 Å². The van der Waals surface area contributed by atoms with Gasteiger partial charge in [-0.25, -0.2) is 9.07 Å². The van der Waals surface area contributed by atoms with Crippen molar-refractivity contribution in [2.24, 2.45) is 7.05 Å². The summed E-state index contributed by atoms with van der Waals surface area (Å²) >= 11 is 5.34. The summed E-state index contributed by atoms with van der Waals surface area (Å²) in [4.78, 5) is 3.16. The molecule has 1 N–H and O–H groups in total. The molecule has 0 aliphatic heterocycles. The van der Waals surface area contributed by atoms with Crippen LogP contribution in [0.5, 0.6) is 0 Å². The van der Waals surface area contributed by atoms with Crippen LogP contribution in [0.25, 0.3) is 16.9 Å². The van der Waals surface area contributed by atoms with Crippen LogP contribution in [-0.2, 0) is 13.5 Å². The van der Waals surface area contributed by atoms with Crippen molar-refractivity contribution in [2.75, 3.05) is 0 Å². The Morgan fingerprint density at radius 3 is 2.89 bits per heavy atom. The van der Waals surface area contributed by atoms with Gasteiger partial charge in [0.2, 0.25) is 0 Å². The summed E-state index contributed by atoms with van der Waals surface area (Å²) in [6.45, 7) is 2.04. The highest BCUT2D eigenvalue weighted by atomic mass is 32.1. The minimum atomic E-state index is -0.286. The predicted octanol–water partition coefficient (Wildman–Crippen LogP) is 3.12. The molecule has 0 aliphatic carbocycles. The summed E-state index contributed by atoms with van der Waals surface area (Å²) in [5.41, 5.74) is 3.42. The highest BCUT2D eigenvalue weighted by Crippen LogP contribution is 2.22. The summed E-state index contributed by atoms with van der Waals surface area (Å²) in [5, 5.41) is 4.44. The lowest BCUT2D eigenvalue weighted by atomic mass is 10.3. The van der Waals surface area contributed by atoms with Gasteiger partial charge in [-0.1, -0.05) is 13.0 Å². The average Bonchev–Trinajstić information content (AvgIpc) is 2.86. The Bertz CT molecular complexity index is 812. The highest BCUT2D eigenvalue weighted by Gasteiger charge is 2.15. The second kappa shape index (κ2) is 4.31. The van der Waals surface area contributed by atoms with Crippen molar-refractivity contribution >= 4 is 23.4 Å². The summed E-state index contributed by atoms with van der Waals surface area (Å²) in [6, 6.07) is 6.37. The molecule has 4 nitrogen and oxygen atoms in total. The molecule has 0 aliphatic rings. The molecule has 6 heteroatoms. The molecule has 0 bridgehead atoms. The van der Waals surface area contributed by atoms with Gasteiger partial charge in [0.05, 0.1) is 11.4 Å². The van der Waals surface area contributed by atoms with Gasteiger partial charge < -0.3 is 4.98 Å². The minimum absolute atomic E-state index is 0.286. The molecule has 1 aromatic carbocycles. The lowest BCUT2D eigenvalue weighted by Gasteiger charge is -2.04. The number of imidazole rings is 1. The first-order chi connectivity index (χ1) is 9.11. The zero-order valence-electron chi connectivity index (χ0n) is 10.6. The van der Waals surface area contributed by atoms with Gasteiger partial charge in [0.15, 0.2) is 10.4 Å². The number of fused-ring (bicyclic) bond motifs is 1. The summed E-state index contributed by atoms with van der Waals surface area (Å²) < 4.78 is 17.5. The number of rotatable bonds is 2. The lowest BCUT2D eigenvalue weighted by Crippen LogP contribution is -2.01. The van der Waals surface area contributed by atoms with Gasteiger partial charge in [-0.2, -0.15) is 5.10 Å². The van der Waals surface area contributed by atoms with Crippen molar-refractivity contribution in [3.63, 3.8) is 0 Å². The van der Waals surface area contributed by atoms with E-state index in [0.29, 0.717) is 10.5 Å². The van der Waals surface area contributed by atoms with Crippen LogP contribution in [0.4, 0.5) is 4.39 Å². The fourth-order valence-electron chi connectivity index (χ4n) is 2.32. The third-order valence-corrected chi connectivity index (χ3v) is 3.42. The summed E-state index contributed by atoms with van der Waals surface area (Å²) in [5.74, 6) is -0.286. The monoisotopic (exact) mass is 276 g/mol. The minimum Gasteiger partial charge on any atom is -0.327 e. The Morgan fingerprint density at radius 1 is 1.42 bits per heavy atom. The largest absolute Gasteiger partial charge is 0.327 e. The first-order valence-electron chi connectivity index (χ1n) is 6.04. The number of aryl methyl sites for hydroxylation is 2. The van der Waals surface area contributed by atoms with Gasteiger partial charge in [-0.3, -0.25) is 4.57 Å². The molecule has 0 saturated carbocycles. The Balaban J connectivity index is 2.38. The standard InChI is InChI=1S/C13H13FN4S/c1-3-10-11-12(17(2)16-10)18(13(19)15-11)9-6-4-5-8(14)7-9/h4-7H,3H2,1-2H3,(H,15,19). The van der Waals surface area contributed by atoms with Crippen molar-refractivity contribution in [1.29, 1.82) is 0 Å². The quantitative estimate of drug-likeness (QED) is 0.730. The zero-order chi connectivity index (χ0) is 13.6. The topological polar surface area (TPSA) is 38.5 Å². The number of aromatic nitrogens is 4. The molecule has 0 unspecified atom stereocenters. The van der Waals surface area contributed by atoms with Gasteiger partial charge in [-0.15, -0.1) is 0 Å². The Kier molecular flexibility index (Phi) is 2.74. The van der Waals surface area contributed by atoms with E-state index in [2.05, 4.69) is 10.1 Å². The van der Waals surface area contributed by atoms with E-state index in [1.54, 1.807) is 15.3 Å². The molecule has 0 radical (unpaired) electrons. The first kappa shape index (κ1) is 12.1. The molecule has 0 atom stereocenters. The number of benzene rings is 1. The van der Waals surface area contributed by atoms with Crippen LogP contribution in [0.1, 0.15) is 12.6 Å². The smallest absolute Gasteiger partial charge is 0.184 e. The molecular weight excluding hydrogens is 263 g/mol. The van der Waals surface area contributed by atoms with Crippen LogP contribution < -0.4 is 0 Å². The molecule has 2 aromatic heterocycles. The van der Waals surface area contributed by atoms with Crippen LogP contribution in [0.3, 0.4) is 0 Å². The second-order valence-electron chi connectivity index (χ2n) is 4.37. The summed E-state index contributed by atoms with van der Waals surface area (Å²) in [7, 11) is 1.86. The van der Waals surface area contributed by atoms with Gasteiger partial charge in [0.25, 0.3) is 0 Å². The molecule has 98 valence electrons. The molecular formula is C13H13FN4S. The van der Waals surface area contributed by atoms with Crippen molar-refractivity contribution in [2.45, 2.75) is 13.3 Å². The second-order valence-corrected chi connectivity index (χ2v) is 4.75. The molecule has 3 rings (SSSR count). The molecule has 0 spiro atoms. The van der Waals surface area contributed by atoms with Crippen LogP contribution in [0, 0.1) is 10.6 Å². The van der Waals surface area contributed by atoms with Crippen molar-refractivity contribution in [3.8, 4) is 5.69 Å². The van der Waals surface area contributed by atoms with Gasteiger partial charge >= 0.3 is 0 Å². The third-order valence-electron chi connectivity index (χ3n) is 3.14. The van der Waals surface area contributed by atoms with Crippen LogP contribution in [0.2, 0.25) is 0 Å². The Labute approximate surface area is 114 Å². The van der Waals surface area contributed by atoms with Gasteiger partial charge in [0.1, 0.15) is 11.3 Å². The number of nitrogens with one attached hydrogen (secondary N) is 1. The predicted molar refractivity (Wildman–Crippen MR) is 74.6 cm³/mol. The van der Waals surface area contributed by atoms with Crippen molar-refractivity contribution < 1.29 is 4.39 Å². The molecule has 3 aromatic rings. The number of aromatic amines is 1. The Hall–Kier alpha value is -1.95. The zero-order valence-corrected chi connectivity index (χ0v) is 11.5. The third kappa shape index (κ3) is 1.79. The van der Waals surface area contributed by atoms with E-state index in [9.17, 15) is 4.39 Å². The number of hydrogen-bond acceptors (Lipinski definition) is 2. The van der Waals surface area contributed by atoms with E-state index in [1.807, 2.05) is 20.0 Å². The molecule has 0 saturated heterocycles. The normalized spacial score (nSPS) is 11.3. The molecule has 0 amide bonds. The van der Waals surface area contributed by atoms with Crippen LogP contribution in [0.15, 0.2) is 24.3 Å². The maximum absolute atomic E-state index is 13.4. The maximum atomic E-state index is 13.4. The van der Waals surface area contributed by atoms with E-state index in [1.165, 1.54) is 12.1 Å². The van der Waals surface area contributed by atoms with Gasteiger partial charge in [-0.05, 0) is 36.8 Å². The fourth-order valence-corrected chi connectivity index (χ4v) is 2.61. The van der Waals surface area contributed by atoms with E-state index < -0.39 is 0 Å². The number of halogens is 1. The number of hydrogen-bond donors (Lipinski definition) is 1. The van der Waals surface area contributed by atoms with E-state index in [4.69, 9.17) is 12.2 Å². The van der Waals surface area contributed by atoms with E-state index in [0.717, 1.165) is 23.3 Å². The van der Waals surface area contributed by atoms with Crippen molar-refractivity contribution in [1.82, 2.24) is 19.3 Å². The maximum Gasteiger partial charge on any atom is 0.184 e. The average molecular weight is 276 g/mol. The van der Waals surface area contributed by atoms with Crippen LogP contribution >= 0.6 is 12.2 Å². The fraction of sp³-hybridized carbons (Fsp3) is 0.231. The first-order valence-corrected chi connectivity index (χ1v) is 6.45. The lowest BCUT2D eigenvalue weighted by molar-refractivity contribution is 0.626. The Morgan fingerprint density at radius 2 is 2.21 bits per heavy atom. The van der Waals surface area contributed by atoms with Crippen molar-refractivity contribution in [3.05, 3.63) is 40.5 Å². The van der Waals surface area contributed by atoms with Gasteiger partial charge in [0, 0.05) is 7.05 Å². The number of H-pyrrole nitrogens is 1.